The van der Waals surface area contributed by atoms with Crippen molar-refractivity contribution in [2.45, 2.75) is 12.8 Å². The third kappa shape index (κ3) is 1.40. The van der Waals surface area contributed by atoms with Gasteiger partial charge in [-0.3, -0.25) is 4.99 Å². The Morgan fingerprint density at radius 2 is 1.81 bits per heavy atom. The van der Waals surface area contributed by atoms with Crippen LogP contribution in [0.2, 0.25) is 0 Å². The summed E-state index contributed by atoms with van der Waals surface area (Å²) in [5.41, 5.74) is -0.0185. The molecule has 2 amide bonds. The fraction of sp³-hybridized carbons (Fsp3) is 0.222. The second-order valence-corrected chi connectivity index (χ2v) is 4.26. The van der Waals surface area contributed by atoms with Gasteiger partial charge in [-0.25, -0.2) is 9.59 Å². The van der Waals surface area contributed by atoms with E-state index in [1.807, 2.05) is 0 Å². The van der Waals surface area contributed by atoms with E-state index in [0.29, 0.717) is 0 Å². The lowest BCUT2D eigenvalue weighted by Crippen LogP contribution is -2.51. The number of allylic oxidation sites excluding steroid dienone is 1. The first-order chi connectivity index (χ1) is 7.48. The van der Waals surface area contributed by atoms with Crippen molar-refractivity contribution in [1.82, 2.24) is 0 Å². The number of hydrogen-bond donors (Lipinski definition) is 1. The molecule has 82 valence electrons. The van der Waals surface area contributed by atoms with E-state index in [1.54, 1.807) is 0 Å². The van der Waals surface area contributed by atoms with E-state index in [9.17, 15) is 14.8 Å². The molecule has 2 aliphatic rings. The van der Waals surface area contributed by atoms with Crippen LogP contribution >= 0.6 is 24.4 Å². The molecule has 0 radical (unpaired) electrons. The number of carbonyl (C=O) groups excluding carboxylic acids is 2. The van der Waals surface area contributed by atoms with Crippen LogP contribution in [0.5, 0.6) is 0 Å². The van der Waals surface area contributed by atoms with Crippen molar-refractivity contribution >= 4 is 52.2 Å². The molecule has 0 aromatic heterocycles. The average Bonchev–Trinajstić information content (AvgIpc) is 2.51. The zero-order valence-corrected chi connectivity index (χ0v) is 9.68. The largest absolute Gasteiger partial charge is 0.359 e. The first-order valence-electron chi connectivity index (χ1n) is 4.49. The molecule has 7 heteroatoms. The molecule has 0 aromatic rings. The van der Waals surface area contributed by atoms with Gasteiger partial charge in [-0.05, 0) is 4.65 Å². The molecular formula is C9H7N2O3S2+. The van der Waals surface area contributed by atoms with Gasteiger partial charge in [-0.15, -0.1) is 0 Å². The summed E-state index contributed by atoms with van der Waals surface area (Å²) in [6.45, 7) is 0. The van der Waals surface area contributed by atoms with Crippen LogP contribution in [0.15, 0.2) is 16.9 Å². The second-order valence-electron chi connectivity index (χ2n) is 3.41. The SMILES string of the molecule is O=C1CCC(=O)[N+]1(O)C1=CN=CC(=S)C1=S. The van der Waals surface area contributed by atoms with Gasteiger partial charge >= 0.3 is 11.8 Å². The van der Waals surface area contributed by atoms with Crippen molar-refractivity contribution < 1.29 is 19.4 Å². The molecule has 2 aliphatic heterocycles. The molecule has 1 saturated heterocycles. The lowest BCUT2D eigenvalue weighted by molar-refractivity contribution is -0.934. The highest BCUT2D eigenvalue weighted by Crippen LogP contribution is 2.28. The van der Waals surface area contributed by atoms with Gasteiger partial charge in [0.15, 0.2) is 0 Å². The predicted molar refractivity (Wildman–Crippen MR) is 63.1 cm³/mol. The number of amides is 2. The number of aliphatic imine (C=N–C) groups is 1. The Bertz CT molecular complexity index is 477. The van der Waals surface area contributed by atoms with Crippen molar-refractivity contribution in [1.29, 1.82) is 0 Å². The number of carbonyl (C=O) groups is 2. The number of hydroxylamine groups is 3. The quantitative estimate of drug-likeness (QED) is 0.323. The summed E-state index contributed by atoms with van der Waals surface area (Å²) < 4.78 is -1.39. The van der Waals surface area contributed by atoms with Crippen LogP contribution in [-0.4, -0.2) is 37.6 Å². The van der Waals surface area contributed by atoms with E-state index < -0.39 is 16.5 Å². The minimum absolute atomic E-state index is 0.00572. The molecule has 0 atom stereocenters. The maximum atomic E-state index is 11.6. The first kappa shape index (κ1) is 11.3. The van der Waals surface area contributed by atoms with Crippen molar-refractivity contribution in [2.24, 2.45) is 4.99 Å². The minimum atomic E-state index is -1.39. The number of hydrogen-bond acceptors (Lipinski definition) is 6. The van der Waals surface area contributed by atoms with Gasteiger partial charge in [0.2, 0.25) is 5.70 Å². The van der Waals surface area contributed by atoms with Crippen molar-refractivity contribution in [3.63, 3.8) is 0 Å². The van der Waals surface area contributed by atoms with Crippen LogP contribution < -0.4 is 0 Å². The molecule has 1 fully saturated rings. The number of imide groups is 1. The third-order valence-corrected chi connectivity index (χ3v) is 3.34. The van der Waals surface area contributed by atoms with E-state index >= 15 is 0 Å². The summed E-state index contributed by atoms with van der Waals surface area (Å²) in [5, 5.41) is 10.1. The lowest BCUT2D eigenvalue weighted by atomic mass is 10.2. The van der Waals surface area contributed by atoms with Gasteiger partial charge in [-0.1, -0.05) is 24.4 Å². The topological polar surface area (TPSA) is 66.7 Å². The van der Waals surface area contributed by atoms with E-state index in [-0.39, 0.29) is 28.3 Å². The Hall–Kier alpha value is -1.15. The van der Waals surface area contributed by atoms with Crippen LogP contribution in [0.4, 0.5) is 0 Å². The Balaban J connectivity index is 2.52. The average molecular weight is 255 g/mol. The Labute approximate surface area is 102 Å². The minimum Gasteiger partial charge on any atom is -0.257 e. The smallest absolute Gasteiger partial charge is 0.257 e. The molecule has 2 heterocycles. The molecular weight excluding hydrogens is 248 g/mol. The highest BCUT2D eigenvalue weighted by Gasteiger charge is 2.55. The first-order valence-corrected chi connectivity index (χ1v) is 5.30. The summed E-state index contributed by atoms with van der Waals surface area (Å²) in [7, 11) is 0. The van der Waals surface area contributed by atoms with Gasteiger partial charge in [0, 0.05) is 6.21 Å². The van der Waals surface area contributed by atoms with Crippen LogP contribution in [0.1, 0.15) is 12.8 Å². The Kier molecular flexibility index (Phi) is 2.62. The number of rotatable bonds is 1. The van der Waals surface area contributed by atoms with Crippen LogP contribution in [0.3, 0.4) is 0 Å². The van der Waals surface area contributed by atoms with Crippen LogP contribution in [-0.2, 0) is 9.59 Å². The molecule has 0 spiro atoms. The zero-order valence-electron chi connectivity index (χ0n) is 8.04. The highest BCUT2D eigenvalue weighted by atomic mass is 32.1. The van der Waals surface area contributed by atoms with E-state index in [1.165, 1.54) is 12.4 Å². The Morgan fingerprint density at radius 1 is 1.25 bits per heavy atom. The van der Waals surface area contributed by atoms with Gasteiger partial charge in [-0.2, -0.15) is 5.21 Å². The number of thiocarbonyl (C=S) groups is 2. The van der Waals surface area contributed by atoms with E-state index in [0.717, 1.165) is 0 Å². The fourth-order valence-corrected chi connectivity index (χ4v) is 2.00. The monoisotopic (exact) mass is 255 g/mol. The molecule has 0 aromatic carbocycles. The van der Waals surface area contributed by atoms with E-state index in [2.05, 4.69) is 4.99 Å². The van der Waals surface area contributed by atoms with Crippen molar-refractivity contribution in [3.05, 3.63) is 11.9 Å². The fourth-order valence-electron chi connectivity index (χ4n) is 1.59. The van der Waals surface area contributed by atoms with E-state index in [4.69, 9.17) is 24.4 Å². The lowest BCUT2D eigenvalue weighted by Gasteiger charge is -2.22. The van der Waals surface area contributed by atoms with Gasteiger partial charge in [0.05, 0.1) is 23.9 Å². The van der Waals surface area contributed by atoms with Gasteiger partial charge in [0.1, 0.15) is 4.86 Å². The third-order valence-electron chi connectivity index (χ3n) is 2.47. The van der Waals surface area contributed by atoms with Crippen LogP contribution in [0.25, 0.3) is 0 Å². The highest BCUT2D eigenvalue weighted by molar-refractivity contribution is 7.91. The number of likely N-dealkylation sites (tertiary alicyclic amines) is 1. The second kappa shape index (κ2) is 3.70. The molecule has 0 bridgehead atoms. The molecule has 0 saturated carbocycles. The number of nitrogens with zero attached hydrogens (tertiary/aromatic N) is 2. The summed E-state index contributed by atoms with van der Waals surface area (Å²) in [5.74, 6) is -1.20. The molecule has 5 nitrogen and oxygen atoms in total. The van der Waals surface area contributed by atoms with Gasteiger partial charge in [0.25, 0.3) is 0 Å². The zero-order chi connectivity index (χ0) is 11.9. The standard InChI is InChI=1S/C9H7N2O3S2/c12-7-1-2-8(13)11(7,14)5-3-10-4-6(15)9(5)16/h3-4,14H,1-2H2/q+1. The van der Waals surface area contributed by atoms with Gasteiger partial charge < -0.3 is 0 Å². The molecule has 2 rings (SSSR count). The maximum Gasteiger partial charge on any atom is 0.359 e. The van der Waals surface area contributed by atoms with Crippen LogP contribution in [0, 0.1) is 0 Å². The summed E-state index contributed by atoms with van der Waals surface area (Å²) >= 11 is 9.88. The van der Waals surface area contributed by atoms with Crippen molar-refractivity contribution in [3.8, 4) is 0 Å². The summed E-state index contributed by atoms with van der Waals surface area (Å²) in [4.78, 5) is 27.2. The predicted octanol–water partition coefficient (Wildman–Crippen LogP) is 0.705. The van der Waals surface area contributed by atoms with Crippen molar-refractivity contribution in [2.75, 3.05) is 0 Å². The normalized spacial score (nSPS) is 23.9. The molecule has 1 N–H and O–H groups in total. The number of quaternary nitrogens is 1. The Morgan fingerprint density at radius 3 is 2.38 bits per heavy atom. The maximum absolute atomic E-state index is 11.6. The summed E-state index contributed by atoms with van der Waals surface area (Å²) in [6, 6.07) is 0. The molecule has 16 heavy (non-hydrogen) atoms. The molecule has 0 unspecified atom stereocenters. The summed E-state index contributed by atoms with van der Waals surface area (Å²) in [6.07, 6.45) is 2.56. The molecule has 0 aliphatic carbocycles.